The van der Waals surface area contributed by atoms with Crippen LogP contribution in [-0.2, 0) is 4.74 Å². The van der Waals surface area contributed by atoms with Gasteiger partial charge >= 0.3 is 12.3 Å². The molecule has 14 heteroatoms. The highest BCUT2D eigenvalue weighted by Gasteiger charge is 2.46. The zero-order valence-corrected chi connectivity index (χ0v) is 25.1. The summed E-state index contributed by atoms with van der Waals surface area (Å²) in [6.45, 7) is 6.68. The van der Waals surface area contributed by atoms with Gasteiger partial charge in [0.1, 0.15) is 17.1 Å². The molecule has 3 aromatic rings. The van der Waals surface area contributed by atoms with E-state index in [2.05, 4.69) is 15.4 Å². The zero-order chi connectivity index (χ0) is 31.8. The average Bonchev–Trinajstić information content (AvgIpc) is 3.43. The molecule has 1 aromatic carbocycles. The third kappa shape index (κ3) is 6.53. The number of amides is 2. The molecule has 44 heavy (non-hydrogen) atoms. The van der Waals surface area contributed by atoms with Crippen molar-refractivity contribution in [2.24, 2.45) is 0 Å². The van der Waals surface area contributed by atoms with Gasteiger partial charge in [-0.1, -0.05) is 6.07 Å². The molecule has 2 amide bonds. The Kier molecular flexibility index (Phi) is 8.36. The first-order chi connectivity index (χ1) is 20.8. The first kappa shape index (κ1) is 31.0. The Balaban J connectivity index is 1.31. The number of pyridine rings is 1. The van der Waals surface area contributed by atoms with Gasteiger partial charge in [0, 0.05) is 50.4 Å². The normalized spacial score (nSPS) is 18.7. The van der Waals surface area contributed by atoms with E-state index < -0.39 is 30.0 Å². The van der Waals surface area contributed by atoms with E-state index in [4.69, 9.17) is 14.2 Å². The molecule has 2 aliphatic rings. The van der Waals surface area contributed by atoms with Gasteiger partial charge in [0.2, 0.25) is 0 Å². The van der Waals surface area contributed by atoms with E-state index in [-0.39, 0.29) is 29.5 Å². The lowest BCUT2D eigenvalue weighted by atomic mass is 9.96. The minimum absolute atomic E-state index is 0.184. The summed E-state index contributed by atoms with van der Waals surface area (Å²) in [5, 5.41) is 7.45. The predicted octanol–water partition coefficient (Wildman–Crippen LogP) is 5.32. The Labute approximate surface area is 252 Å². The quantitative estimate of drug-likeness (QED) is 0.411. The summed E-state index contributed by atoms with van der Waals surface area (Å²) < 4.78 is 59.6. The molecule has 0 saturated carbocycles. The topological polar surface area (TPSA) is 111 Å². The number of alkyl halides is 3. The van der Waals surface area contributed by atoms with Crippen LogP contribution in [0.4, 0.5) is 23.8 Å². The van der Waals surface area contributed by atoms with Gasteiger partial charge in [0.15, 0.2) is 17.5 Å². The monoisotopic (exact) mass is 616 g/mol. The van der Waals surface area contributed by atoms with Gasteiger partial charge in [-0.05, 0) is 50.6 Å². The number of fused-ring (bicyclic) bond motifs is 1. The van der Waals surface area contributed by atoms with Crippen molar-refractivity contribution < 1.29 is 37.0 Å². The number of carbonyl (C=O) groups is 2. The van der Waals surface area contributed by atoms with Crippen molar-refractivity contribution in [3.05, 3.63) is 53.9 Å². The lowest BCUT2D eigenvalue weighted by molar-refractivity contribution is -0.173. The van der Waals surface area contributed by atoms with Crippen LogP contribution in [0, 0.1) is 0 Å². The number of anilines is 1. The minimum Gasteiger partial charge on any atom is -0.493 e. The number of nitrogens with zero attached hydrogens (tertiary/aromatic N) is 5. The number of rotatable bonds is 5. The number of nitrogens with one attached hydrogen (secondary N) is 1. The van der Waals surface area contributed by atoms with Crippen molar-refractivity contribution in [2.45, 2.75) is 51.1 Å². The van der Waals surface area contributed by atoms with Crippen LogP contribution in [0.3, 0.4) is 0 Å². The molecule has 1 fully saturated rings. The van der Waals surface area contributed by atoms with Crippen LogP contribution < -0.4 is 14.8 Å². The highest BCUT2D eigenvalue weighted by atomic mass is 19.4. The van der Waals surface area contributed by atoms with Crippen LogP contribution in [0.1, 0.15) is 55.3 Å². The smallest absolute Gasteiger partial charge is 0.410 e. The minimum atomic E-state index is -4.54. The lowest BCUT2D eigenvalue weighted by Crippen LogP contribution is -2.51. The second-order valence-electron chi connectivity index (χ2n) is 11.7. The van der Waals surface area contributed by atoms with Gasteiger partial charge in [-0.25, -0.2) is 9.48 Å². The molecule has 2 unspecified atom stereocenters. The first-order valence-electron chi connectivity index (χ1n) is 14.2. The molecule has 4 heterocycles. The Bertz CT molecular complexity index is 1510. The molecule has 236 valence electrons. The third-order valence-electron chi connectivity index (χ3n) is 7.50. The molecule has 0 bridgehead atoms. The number of halogens is 3. The van der Waals surface area contributed by atoms with E-state index in [1.807, 2.05) is 0 Å². The molecule has 2 aromatic heterocycles. The van der Waals surface area contributed by atoms with Crippen molar-refractivity contribution in [2.75, 3.05) is 45.7 Å². The van der Waals surface area contributed by atoms with Crippen molar-refractivity contribution in [3.63, 3.8) is 0 Å². The Morgan fingerprint density at radius 1 is 0.932 bits per heavy atom. The van der Waals surface area contributed by atoms with Crippen molar-refractivity contribution in [1.29, 1.82) is 0 Å². The Morgan fingerprint density at radius 3 is 2.20 bits per heavy atom. The number of hydrogen-bond acceptors (Lipinski definition) is 8. The van der Waals surface area contributed by atoms with E-state index in [0.29, 0.717) is 48.8 Å². The number of aromatic nitrogens is 3. The van der Waals surface area contributed by atoms with E-state index >= 15 is 0 Å². The standard InChI is InChI=1S/C30H35F3N6O5/c1-29(2,3)44-28(41)38-12-10-37(11-13-38)27(40)20-8-6-19(17-34-20)22-16-26-35-21(15-25(30(31,32)33)39(26)36-22)18-7-9-23(42-4)24(14-18)43-5/h6-9,14,16-17,21,25,35H,10-13,15H2,1-5H3. The molecule has 11 nitrogen and oxygen atoms in total. The van der Waals surface area contributed by atoms with Crippen molar-refractivity contribution in [3.8, 4) is 22.8 Å². The van der Waals surface area contributed by atoms with Crippen LogP contribution in [0.25, 0.3) is 11.3 Å². The molecular formula is C30H35F3N6O5. The number of ether oxygens (including phenoxy) is 3. The van der Waals surface area contributed by atoms with Gasteiger partial charge in [-0.15, -0.1) is 0 Å². The number of piperazine rings is 1. The fourth-order valence-corrected chi connectivity index (χ4v) is 5.26. The Morgan fingerprint density at radius 2 is 1.61 bits per heavy atom. The van der Waals surface area contributed by atoms with Crippen LogP contribution in [0.2, 0.25) is 0 Å². The first-order valence-corrected chi connectivity index (χ1v) is 14.2. The van der Waals surface area contributed by atoms with Crippen LogP contribution in [-0.4, -0.2) is 88.7 Å². The largest absolute Gasteiger partial charge is 0.493 e. The highest BCUT2D eigenvalue weighted by molar-refractivity contribution is 5.92. The molecular weight excluding hydrogens is 581 g/mol. The van der Waals surface area contributed by atoms with Crippen LogP contribution in [0.15, 0.2) is 42.6 Å². The van der Waals surface area contributed by atoms with Gasteiger partial charge in [-0.2, -0.15) is 18.3 Å². The van der Waals surface area contributed by atoms with E-state index in [1.165, 1.54) is 26.5 Å². The number of carbonyl (C=O) groups excluding carboxylic acids is 2. The maximum absolute atomic E-state index is 14.2. The van der Waals surface area contributed by atoms with Crippen molar-refractivity contribution >= 4 is 17.8 Å². The fourth-order valence-electron chi connectivity index (χ4n) is 5.26. The summed E-state index contributed by atoms with van der Waals surface area (Å²) in [5.41, 5.74) is 0.932. The molecule has 1 N–H and O–H groups in total. The average molecular weight is 617 g/mol. The predicted molar refractivity (Wildman–Crippen MR) is 155 cm³/mol. The Hall–Kier alpha value is -4.49. The summed E-state index contributed by atoms with van der Waals surface area (Å²) in [7, 11) is 2.96. The maximum Gasteiger partial charge on any atom is 0.410 e. The van der Waals surface area contributed by atoms with Crippen molar-refractivity contribution in [1.82, 2.24) is 24.6 Å². The lowest BCUT2D eigenvalue weighted by Gasteiger charge is -2.35. The number of benzene rings is 1. The van der Waals surface area contributed by atoms with Crippen LogP contribution in [0.5, 0.6) is 11.5 Å². The summed E-state index contributed by atoms with van der Waals surface area (Å²) >= 11 is 0. The summed E-state index contributed by atoms with van der Waals surface area (Å²) in [6, 6.07) is 7.18. The zero-order valence-electron chi connectivity index (χ0n) is 25.1. The molecule has 1 saturated heterocycles. The number of methoxy groups -OCH3 is 2. The second kappa shape index (κ2) is 11.9. The highest BCUT2D eigenvalue weighted by Crippen LogP contribution is 2.45. The molecule has 0 spiro atoms. The van der Waals surface area contributed by atoms with E-state index in [9.17, 15) is 22.8 Å². The summed E-state index contributed by atoms with van der Waals surface area (Å²) in [4.78, 5) is 32.9. The molecule has 0 aliphatic carbocycles. The summed E-state index contributed by atoms with van der Waals surface area (Å²) in [6.07, 6.45) is -3.82. The third-order valence-corrected chi connectivity index (χ3v) is 7.50. The fraction of sp³-hybridized carbons (Fsp3) is 0.467. The van der Waals surface area contributed by atoms with Gasteiger partial charge < -0.3 is 29.3 Å². The SMILES string of the molecule is COc1ccc(C2CC(C(F)(F)F)n3nc(-c4ccc(C(=O)N5CCN(C(=O)OC(C)(C)C)CC5)nc4)cc3N2)cc1OC. The summed E-state index contributed by atoms with van der Waals surface area (Å²) in [5.74, 6) is 0.794. The van der Waals surface area contributed by atoms with Crippen LogP contribution >= 0.6 is 0 Å². The molecule has 5 rings (SSSR count). The van der Waals surface area contributed by atoms with Gasteiger partial charge in [0.05, 0.1) is 26.0 Å². The van der Waals surface area contributed by atoms with E-state index in [0.717, 1.165) is 4.68 Å². The molecule has 2 atom stereocenters. The van der Waals surface area contributed by atoms with Gasteiger partial charge in [0.25, 0.3) is 5.91 Å². The maximum atomic E-state index is 14.2. The second-order valence-corrected chi connectivity index (χ2v) is 11.7. The molecule has 2 aliphatic heterocycles. The molecule has 0 radical (unpaired) electrons. The number of hydrogen-bond donors (Lipinski definition) is 1. The van der Waals surface area contributed by atoms with E-state index in [1.54, 1.807) is 60.9 Å². The van der Waals surface area contributed by atoms with Gasteiger partial charge in [-0.3, -0.25) is 9.78 Å².